The van der Waals surface area contributed by atoms with E-state index in [2.05, 4.69) is 5.32 Å². The van der Waals surface area contributed by atoms with Gasteiger partial charge in [-0.25, -0.2) is 0 Å². The lowest BCUT2D eigenvalue weighted by Gasteiger charge is -2.28. The van der Waals surface area contributed by atoms with Gasteiger partial charge in [-0.3, -0.25) is 19.8 Å². The van der Waals surface area contributed by atoms with Crippen molar-refractivity contribution in [2.45, 2.75) is 0 Å². The molecule has 0 spiro atoms. The molecule has 29 heavy (non-hydrogen) atoms. The van der Waals surface area contributed by atoms with Gasteiger partial charge in [0.25, 0.3) is 11.8 Å². The smallest absolute Gasteiger partial charge is 0.270 e. The van der Waals surface area contributed by atoms with Crippen LogP contribution in [0.15, 0.2) is 70.7 Å². The number of carbonyl (C=O) groups is 2. The zero-order valence-electron chi connectivity index (χ0n) is 14.7. The van der Waals surface area contributed by atoms with Crippen LogP contribution in [-0.4, -0.2) is 16.9 Å². The average molecular weight is 443 g/mol. The van der Waals surface area contributed by atoms with Crippen LogP contribution in [0.25, 0.3) is 17.4 Å². The zero-order valence-corrected chi connectivity index (χ0v) is 17.0. The molecule has 2 amide bonds. The summed E-state index contributed by atoms with van der Waals surface area (Å²) in [5, 5.41) is 3.53. The highest BCUT2D eigenvalue weighted by molar-refractivity contribution is 7.80. The average Bonchev–Trinajstić information content (AvgIpc) is 3.16. The van der Waals surface area contributed by atoms with E-state index < -0.39 is 11.8 Å². The molecule has 8 heteroatoms. The number of rotatable bonds is 3. The van der Waals surface area contributed by atoms with E-state index in [9.17, 15) is 9.59 Å². The minimum Gasteiger partial charge on any atom is -0.457 e. The molecule has 4 rings (SSSR count). The summed E-state index contributed by atoms with van der Waals surface area (Å²) in [6, 6.07) is 17.2. The number of nitrogens with one attached hydrogen (secondary N) is 1. The van der Waals surface area contributed by atoms with E-state index in [0.717, 1.165) is 0 Å². The van der Waals surface area contributed by atoms with Gasteiger partial charge in [0.05, 0.1) is 10.7 Å². The van der Waals surface area contributed by atoms with Crippen LogP contribution in [0.1, 0.15) is 5.76 Å². The Balaban J connectivity index is 1.69. The highest BCUT2D eigenvalue weighted by Crippen LogP contribution is 2.32. The predicted molar refractivity (Wildman–Crippen MR) is 117 cm³/mol. The summed E-state index contributed by atoms with van der Waals surface area (Å²) < 4.78 is 5.77. The van der Waals surface area contributed by atoms with Crippen LogP contribution in [-0.2, 0) is 9.59 Å². The number of anilines is 1. The minimum absolute atomic E-state index is 0.0224. The number of hydrogen-bond donors (Lipinski definition) is 1. The first-order chi connectivity index (χ1) is 13.9. The number of carbonyl (C=O) groups excluding carboxylic acids is 2. The number of benzene rings is 2. The lowest BCUT2D eigenvalue weighted by molar-refractivity contribution is -0.122. The summed E-state index contributed by atoms with van der Waals surface area (Å²) in [5.41, 5.74) is 1.06. The molecule has 0 unspecified atom stereocenters. The Morgan fingerprint density at radius 2 is 1.76 bits per heavy atom. The molecule has 1 saturated heterocycles. The van der Waals surface area contributed by atoms with Crippen LogP contribution in [0.4, 0.5) is 5.69 Å². The third kappa shape index (κ3) is 3.82. The zero-order chi connectivity index (χ0) is 20.5. The molecule has 1 fully saturated rings. The number of nitrogens with zero attached hydrogens (tertiary/aromatic N) is 1. The van der Waals surface area contributed by atoms with Crippen molar-refractivity contribution >= 4 is 64.1 Å². The molecule has 1 aliphatic rings. The second kappa shape index (κ2) is 7.83. The van der Waals surface area contributed by atoms with Gasteiger partial charge in [0.15, 0.2) is 5.11 Å². The molecular weight excluding hydrogens is 431 g/mol. The van der Waals surface area contributed by atoms with Crippen molar-refractivity contribution in [2.24, 2.45) is 0 Å². The fraction of sp³-hybridized carbons (Fsp3) is 0. The van der Waals surface area contributed by atoms with Gasteiger partial charge in [0.1, 0.15) is 17.1 Å². The van der Waals surface area contributed by atoms with E-state index >= 15 is 0 Å². The second-order valence-corrected chi connectivity index (χ2v) is 7.35. The van der Waals surface area contributed by atoms with Crippen LogP contribution < -0.4 is 10.2 Å². The molecule has 0 bridgehead atoms. The standard InChI is InChI=1S/C21H12Cl2N2O3S/c22-12-6-8-17(23)15(10-12)18-9-7-14(28-18)11-16-19(26)24-21(29)25(20(16)27)13-4-2-1-3-5-13/h1-11H,(H,24,26,29)/b16-11-. The van der Waals surface area contributed by atoms with Crippen molar-refractivity contribution in [2.75, 3.05) is 4.90 Å². The summed E-state index contributed by atoms with van der Waals surface area (Å²) in [4.78, 5) is 26.6. The Morgan fingerprint density at radius 3 is 2.52 bits per heavy atom. The summed E-state index contributed by atoms with van der Waals surface area (Å²) in [7, 11) is 0. The molecule has 2 aromatic carbocycles. The van der Waals surface area contributed by atoms with Gasteiger partial charge in [-0.05, 0) is 60.8 Å². The van der Waals surface area contributed by atoms with Crippen LogP contribution in [0.2, 0.25) is 10.0 Å². The van der Waals surface area contributed by atoms with E-state index in [0.29, 0.717) is 32.8 Å². The highest BCUT2D eigenvalue weighted by Gasteiger charge is 2.34. The van der Waals surface area contributed by atoms with Gasteiger partial charge in [0, 0.05) is 10.6 Å². The van der Waals surface area contributed by atoms with Gasteiger partial charge >= 0.3 is 0 Å². The van der Waals surface area contributed by atoms with Crippen LogP contribution >= 0.6 is 35.4 Å². The van der Waals surface area contributed by atoms with Crippen molar-refractivity contribution in [3.8, 4) is 11.3 Å². The largest absolute Gasteiger partial charge is 0.457 e. The lowest BCUT2D eigenvalue weighted by atomic mass is 10.1. The van der Waals surface area contributed by atoms with Gasteiger partial charge < -0.3 is 4.42 Å². The van der Waals surface area contributed by atoms with Crippen LogP contribution in [0.5, 0.6) is 0 Å². The third-order valence-electron chi connectivity index (χ3n) is 4.22. The van der Waals surface area contributed by atoms with Gasteiger partial charge in [0.2, 0.25) is 0 Å². The molecule has 2 heterocycles. The van der Waals surface area contributed by atoms with Crippen molar-refractivity contribution < 1.29 is 14.0 Å². The lowest BCUT2D eigenvalue weighted by Crippen LogP contribution is -2.54. The molecule has 0 saturated carbocycles. The molecule has 0 radical (unpaired) electrons. The molecular formula is C21H12Cl2N2O3S. The van der Waals surface area contributed by atoms with E-state index in [4.69, 9.17) is 39.8 Å². The molecule has 0 aliphatic carbocycles. The Bertz CT molecular complexity index is 1170. The second-order valence-electron chi connectivity index (χ2n) is 6.12. The van der Waals surface area contributed by atoms with Crippen molar-refractivity contribution in [1.29, 1.82) is 0 Å². The number of amides is 2. The van der Waals surface area contributed by atoms with E-state index in [-0.39, 0.29) is 10.7 Å². The molecule has 1 aliphatic heterocycles. The van der Waals surface area contributed by atoms with Gasteiger partial charge in [-0.1, -0.05) is 41.4 Å². The summed E-state index contributed by atoms with van der Waals surface area (Å²) in [6.45, 7) is 0. The topological polar surface area (TPSA) is 62.6 Å². The fourth-order valence-electron chi connectivity index (χ4n) is 2.87. The predicted octanol–water partition coefficient (Wildman–Crippen LogP) is 5.08. The van der Waals surface area contributed by atoms with E-state index in [1.165, 1.54) is 11.0 Å². The molecule has 3 aromatic rings. The number of halogens is 2. The van der Waals surface area contributed by atoms with E-state index in [1.54, 1.807) is 54.6 Å². The molecule has 144 valence electrons. The van der Waals surface area contributed by atoms with Crippen LogP contribution in [0.3, 0.4) is 0 Å². The Hall–Kier alpha value is -2.93. The SMILES string of the molecule is O=C1NC(=S)N(c2ccccc2)C(=O)/C1=C\c1ccc(-c2cc(Cl)ccc2Cl)o1. The number of furan rings is 1. The fourth-order valence-corrected chi connectivity index (χ4v) is 3.54. The first-order valence-electron chi connectivity index (χ1n) is 8.46. The number of thiocarbonyl (C=S) groups is 1. The first-order valence-corrected chi connectivity index (χ1v) is 9.62. The molecule has 1 aromatic heterocycles. The van der Waals surface area contributed by atoms with Crippen molar-refractivity contribution in [3.63, 3.8) is 0 Å². The third-order valence-corrected chi connectivity index (χ3v) is 5.07. The maximum atomic E-state index is 13.0. The summed E-state index contributed by atoms with van der Waals surface area (Å²) >= 11 is 17.4. The maximum Gasteiger partial charge on any atom is 0.270 e. The Labute approximate surface area is 181 Å². The Kier molecular flexibility index (Phi) is 5.24. The Morgan fingerprint density at radius 1 is 1.00 bits per heavy atom. The highest BCUT2D eigenvalue weighted by atomic mass is 35.5. The monoisotopic (exact) mass is 442 g/mol. The summed E-state index contributed by atoms with van der Waals surface area (Å²) in [5.74, 6) is -0.353. The number of para-hydroxylation sites is 1. The minimum atomic E-state index is -0.592. The quantitative estimate of drug-likeness (QED) is 0.348. The van der Waals surface area contributed by atoms with Crippen LogP contribution in [0, 0.1) is 0 Å². The number of hydrogen-bond acceptors (Lipinski definition) is 4. The van der Waals surface area contributed by atoms with Gasteiger partial charge in [-0.15, -0.1) is 0 Å². The molecule has 5 nitrogen and oxygen atoms in total. The molecule has 1 N–H and O–H groups in total. The van der Waals surface area contributed by atoms with Gasteiger partial charge in [-0.2, -0.15) is 0 Å². The van der Waals surface area contributed by atoms with Crippen molar-refractivity contribution in [3.05, 3.63) is 82.0 Å². The van der Waals surface area contributed by atoms with E-state index in [1.807, 2.05) is 6.07 Å². The molecule has 0 atom stereocenters. The summed E-state index contributed by atoms with van der Waals surface area (Å²) in [6.07, 6.45) is 1.37. The van der Waals surface area contributed by atoms with Crippen molar-refractivity contribution in [1.82, 2.24) is 5.32 Å². The first kappa shape index (κ1) is 19.4. The maximum absolute atomic E-state index is 13.0. The normalized spacial score (nSPS) is 15.7.